The average molecular weight is 291 g/mol. The zero-order chi connectivity index (χ0) is 14.5. The highest BCUT2D eigenvalue weighted by molar-refractivity contribution is 6.32. The highest BCUT2D eigenvalue weighted by Gasteiger charge is 2.07. The van der Waals surface area contributed by atoms with Crippen molar-refractivity contribution < 1.29 is 9.84 Å². The normalized spacial score (nSPS) is 12.2. The quantitative estimate of drug-likeness (QED) is 0.826. The fraction of sp³-hybridized carbons (Fsp3) is 0.294. The van der Waals surface area contributed by atoms with Gasteiger partial charge in [0.25, 0.3) is 0 Å². The van der Waals surface area contributed by atoms with E-state index in [1.807, 2.05) is 18.2 Å². The summed E-state index contributed by atoms with van der Waals surface area (Å²) in [6.07, 6.45) is 1.67. The van der Waals surface area contributed by atoms with Crippen LogP contribution in [0, 0.1) is 0 Å². The van der Waals surface area contributed by atoms with Gasteiger partial charge in [-0.25, -0.2) is 0 Å². The fourth-order valence-corrected chi connectivity index (χ4v) is 2.23. The third-order valence-corrected chi connectivity index (χ3v) is 3.42. The molecule has 0 fully saturated rings. The molecule has 0 saturated heterocycles. The Morgan fingerprint density at radius 3 is 2.40 bits per heavy atom. The SMILES string of the molecule is CCCc1ccc(Oc2ccc([C@@H](C)O)cc2Cl)cc1. The predicted molar refractivity (Wildman–Crippen MR) is 82.6 cm³/mol. The maximum absolute atomic E-state index is 9.51. The van der Waals surface area contributed by atoms with Gasteiger partial charge in [-0.3, -0.25) is 0 Å². The van der Waals surface area contributed by atoms with Crippen LogP contribution in [0.1, 0.15) is 37.5 Å². The lowest BCUT2D eigenvalue weighted by Gasteiger charge is -2.11. The second kappa shape index (κ2) is 6.78. The Morgan fingerprint density at radius 2 is 1.85 bits per heavy atom. The van der Waals surface area contributed by atoms with Crippen molar-refractivity contribution in [1.29, 1.82) is 0 Å². The van der Waals surface area contributed by atoms with Crippen molar-refractivity contribution in [3.63, 3.8) is 0 Å². The Hall–Kier alpha value is -1.51. The summed E-state index contributed by atoms with van der Waals surface area (Å²) in [6, 6.07) is 13.4. The number of aryl methyl sites for hydroxylation is 1. The molecule has 106 valence electrons. The first-order chi connectivity index (χ1) is 9.60. The van der Waals surface area contributed by atoms with Crippen molar-refractivity contribution in [1.82, 2.24) is 0 Å². The molecule has 2 nitrogen and oxygen atoms in total. The molecule has 0 radical (unpaired) electrons. The summed E-state index contributed by atoms with van der Waals surface area (Å²) in [5.74, 6) is 1.36. The number of benzene rings is 2. The summed E-state index contributed by atoms with van der Waals surface area (Å²) in [4.78, 5) is 0. The molecule has 0 spiro atoms. The van der Waals surface area contributed by atoms with E-state index in [0.717, 1.165) is 24.2 Å². The molecule has 0 aromatic heterocycles. The van der Waals surface area contributed by atoms with Crippen molar-refractivity contribution in [3.8, 4) is 11.5 Å². The van der Waals surface area contributed by atoms with Gasteiger partial charge in [0, 0.05) is 0 Å². The van der Waals surface area contributed by atoms with Crippen LogP contribution in [0.2, 0.25) is 5.02 Å². The second-order valence-electron chi connectivity index (χ2n) is 4.86. The van der Waals surface area contributed by atoms with Gasteiger partial charge in [-0.1, -0.05) is 43.1 Å². The van der Waals surface area contributed by atoms with Crippen LogP contribution in [0.25, 0.3) is 0 Å². The van der Waals surface area contributed by atoms with Gasteiger partial charge in [0.15, 0.2) is 0 Å². The van der Waals surface area contributed by atoms with Gasteiger partial charge < -0.3 is 9.84 Å². The van der Waals surface area contributed by atoms with E-state index in [2.05, 4.69) is 19.1 Å². The molecule has 3 heteroatoms. The summed E-state index contributed by atoms with van der Waals surface area (Å²) >= 11 is 6.17. The average Bonchev–Trinajstić information content (AvgIpc) is 2.43. The highest BCUT2D eigenvalue weighted by atomic mass is 35.5. The van der Waals surface area contributed by atoms with Crippen LogP contribution in [-0.4, -0.2) is 5.11 Å². The van der Waals surface area contributed by atoms with E-state index in [1.165, 1.54) is 5.56 Å². The minimum atomic E-state index is -0.533. The molecule has 0 unspecified atom stereocenters. The number of hydrogen-bond donors (Lipinski definition) is 1. The lowest BCUT2D eigenvalue weighted by atomic mass is 10.1. The van der Waals surface area contributed by atoms with Crippen LogP contribution in [-0.2, 0) is 6.42 Å². The van der Waals surface area contributed by atoms with Gasteiger partial charge >= 0.3 is 0 Å². The van der Waals surface area contributed by atoms with Crippen molar-refractivity contribution in [2.45, 2.75) is 32.8 Å². The van der Waals surface area contributed by atoms with E-state index in [4.69, 9.17) is 16.3 Å². The molecule has 0 aliphatic carbocycles. The van der Waals surface area contributed by atoms with Crippen molar-refractivity contribution in [2.75, 3.05) is 0 Å². The number of rotatable bonds is 5. The molecular formula is C17H19ClO2. The first-order valence-corrected chi connectivity index (χ1v) is 7.22. The Bertz CT molecular complexity index is 562. The molecule has 0 bridgehead atoms. The molecule has 2 aromatic carbocycles. The summed E-state index contributed by atoms with van der Waals surface area (Å²) in [7, 11) is 0. The molecule has 1 N–H and O–H groups in total. The largest absolute Gasteiger partial charge is 0.456 e. The lowest BCUT2D eigenvalue weighted by Crippen LogP contribution is -1.92. The standard InChI is InChI=1S/C17H19ClO2/c1-3-4-13-5-8-15(9-6-13)20-17-10-7-14(12(2)19)11-16(17)18/h5-12,19H,3-4H2,1-2H3/t12-/m1/s1. The highest BCUT2D eigenvalue weighted by Crippen LogP contribution is 2.31. The van der Waals surface area contributed by atoms with Crippen LogP contribution in [0.5, 0.6) is 11.5 Å². The van der Waals surface area contributed by atoms with Crippen LogP contribution >= 0.6 is 11.6 Å². The lowest BCUT2D eigenvalue weighted by molar-refractivity contribution is 0.199. The predicted octanol–water partition coefficient (Wildman–Crippen LogP) is 5.14. The summed E-state index contributed by atoms with van der Waals surface area (Å²) < 4.78 is 5.76. The Balaban J connectivity index is 2.13. The van der Waals surface area contributed by atoms with E-state index in [9.17, 15) is 5.11 Å². The summed E-state index contributed by atoms with van der Waals surface area (Å²) in [5, 5.41) is 10.0. The Kier molecular flexibility index (Phi) is 5.05. The van der Waals surface area contributed by atoms with Crippen LogP contribution < -0.4 is 4.74 Å². The minimum Gasteiger partial charge on any atom is -0.456 e. The smallest absolute Gasteiger partial charge is 0.146 e. The van der Waals surface area contributed by atoms with E-state index >= 15 is 0 Å². The summed E-state index contributed by atoms with van der Waals surface area (Å²) in [6.45, 7) is 3.87. The van der Waals surface area contributed by atoms with E-state index < -0.39 is 6.10 Å². The monoisotopic (exact) mass is 290 g/mol. The number of aliphatic hydroxyl groups excluding tert-OH is 1. The first kappa shape index (κ1) is 14.9. The van der Waals surface area contributed by atoms with Crippen LogP contribution in [0.4, 0.5) is 0 Å². The molecule has 0 aliphatic heterocycles. The fourth-order valence-electron chi connectivity index (χ4n) is 2.00. The number of hydrogen-bond acceptors (Lipinski definition) is 2. The maximum atomic E-state index is 9.51. The molecule has 0 amide bonds. The molecular weight excluding hydrogens is 272 g/mol. The van der Waals surface area contributed by atoms with E-state index in [-0.39, 0.29) is 0 Å². The van der Waals surface area contributed by atoms with Gasteiger partial charge in [-0.2, -0.15) is 0 Å². The zero-order valence-corrected chi connectivity index (χ0v) is 12.5. The van der Waals surface area contributed by atoms with Crippen LogP contribution in [0.15, 0.2) is 42.5 Å². The molecule has 0 heterocycles. The van der Waals surface area contributed by atoms with E-state index in [0.29, 0.717) is 10.8 Å². The number of aliphatic hydroxyl groups is 1. The number of halogens is 1. The third-order valence-electron chi connectivity index (χ3n) is 3.13. The Morgan fingerprint density at radius 1 is 1.15 bits per heavy atom. The van der Waals surface area contributed by atoms with Gasteiger partial charge in [0.05, 0.1) is 11.1 Å². The molecule has 0 aliphatic rings. The van der Waals surface area contributed by atoms with Crippen molar-refractivity contribution >= 4 is 11.6 Å². The molecule has 2 rings (SSSR count). The molecule has 1 atom stereocenters. The first-order valence-electron chi connectivity index (χ1n) is 6.84. The Labute approximate surface area is 125 Å². The molecule has 0 saturated carbocycles. The minimum absolute atomic E-state index is 0.501. The molecule has 2 aromatic rings. The third kappa shape index (κ3) is 3.75. The van der Waals surface area contributed by atoms with Crippen molar-refractivity contribution in [3.05, 3.63) is 58.6 Å². The summed E-state index contributed by atoms with van der Waals surface area (Å²) in [5.41, 5.74) is 2.08. The van der Waals surface area contributed by atoms with Gasteiger partial charge in [-0.15, -0.1) is 0 Å². The van der Waals surface area contributed by atoms with Crippen molar-refractivity contribution in [2.24, 2.45) is 0 Å². The maximum Gasteiger partial charge on any atom is 0.146 e. The zero-order valence-electron chi connectivity index (χ0n) is 11.8. The van der Waals surface area contributed by atoms with Gasteiger partial charge in [0.1, 0.15) is 11.5 Å². The van der Waals surface area contributed by atoms with Gasteiger partial charge in [-0.05, 0) is 48.7 Å². The molecule has 20 heavy (non-hydrogen) atoms. The number of ether oxygens (including phenoxy) is 1. The van der Waals surface area contributed by atoms with Gasteiger partial charge in [0.2, 0.25) is 0 Å². The van der Waals surface area contributed by atoms with E-state index in [1.54, 1.807) is 19.1 Å². The second-order valence-corrected chi connectivity index (χ2v) is 5.27. The topological polar surface area (TPSA) is 29.5 Å². The van der Waals surface area contributed by atoms with Crippen LogP contribution in [0.3, 0.4) is 0 Å².